The van der Waals surface area contributed by atoms with Crippen LogP contribution >= 0.6 is 11.6 Å². The second-order valence-corrected chi connectivity index (χ2v) is 5.03. The van der Waals surface area contributed by atoms with Crippen molar-refractivity contribution < 1.29 is 9.52 Å². The van der Waals surface area contributed by atoms with Crippen molar-refractivity contribution in [2.75, 3.05) is 13.6 Å². The highest BCUT2D eigenvalue weighted by molar-refractivity contribution is 6.28. The summed E-state index contributed by atoms with van der Waals surface area (Å²) < 4.78 is 5.31. The monoisotopic (exact) mass is 243 g/mol. The van der Waals surface area contributed by atoms with E-state index in [-0.39, 0.29) is 6.10 Å². The van der Waals surface area contributed by atoms with Gasteiger partial charge in [0.05, 0.1) is 12.6 Å². The predicted octanol–water partition coefficient (Wildman–Crippen LogP) is 2.53. The van der Waals surface area contributed by atoms with Gasteiger partial charge in [-0.15, -0.1) is 0 Å². The average molecular weight is 244 g/mol. The molecule has 1 aliphatic rings. The smallest absolute Gasteiger partial charge is 0.193 e. The van der Waals surface area contributed by atoms with E-state index in [0.29, 0.717) is 11.1 Å². The third-order valence-electron chi connectivity index (χ3n) is 3.22. The van der Waals surface area contributed by atoms with Crippen LogP contribution in [0.15, 0.2) is 16.5 Å². The number of aliphatic hydroxyl groups excluding tert-OH is 1. The van der Waals surface area contributed by atoms with Gasteiger partial charge < -0.3 is 9.52 Å². The standard InChI is InChI=1S/C12H18ClNO2/c1-14(7-9-3-2-4-11(9)15)8-10-5-6-12(13)16-10/h5-6,9,11,15H,2-4,7-8H2,1H3. The molecule has 2 unspecified atom stereocenters. The second-order valence-electron chi connectivity index (χ2n) is 4.66. The van der Waals surface area contributed by atoms with Crippen molar-refractivity contribution in [2.45, 2.75) is 31.9 Å². The summed E-state index contributed by atoms with van der Waals surface area (Å²) in [6, 6.07) is 3.65. The zero-order valence-electron chi connectivity index (χ0n) is 9.53. The molecule has 0 bridgehead atoms. The first kappa shape index (κ1) is 12.0. The van der Waals surface area contributed by atoms with Crippen LogP contribution < -0.4 is 0 Å². The Morgan fingerprint density at radius 1 is 1.50 bits per heavy atom. The molecule has 0 radical (unpaired) electrons. The van der Waals surface area contributed by atoms with Crippen molar-refractivity contribution in [1.82, 2.24) is 4.90 Å². The van der Waals surface area contributed by atoms with Crippen LogP contribution in [-0.4, -0.2) is 29.7 Å². The minimum Gasteiger partial charge on any atom is -0.448 e. The summed E-state index contributed by atoms with van der Waals surface area (Å²) in [6.45, 7) is 1.66. The Balaban J connectivity index is 1.82. The van der Waals surface area contributed by atoms with E-state index in [1.54, 1.807) is 6.07 Å². The molecule has 2 rings (SSSR count). The topological polar surface area (TPSA) is 36.6 Å². The molecule has 1 aromatic rings. The molecule has 2 atom stereocenters. The van der Waals surface area contributed by atoms with Crippen molar-refractivity contribution in [3.05, 3.63) is 23.1 Å². The van der Waals surface area contributed by atoms with Gasteiger partial charge in [0.1, 0.15) is 5.76 Å². The number of hydrogen-bond acceptors (Lipinski definition) is 3. The van der Waals surface area contributed by atoms with Crippen molar-refractivity contribution in [1.29, 1.82) is 0 Å². The lowest BCUT2D eigenvalue weighted by atomic mass is 10.1. The fraction of sp³-hybridized carbons (Fsp3) is 0.667. The van der Waals surface area contributed by atoms with Gasteiger partial charge >= 0.3 is 0 Å². The lowest BCUT2D eigenvalue weighted by molar-refractivity contribution is 0.106. The van der Waals surface area contributed by atoms with E-state index in [2.05, 4.69) is 4.90 Å². The van der Waals surface area contributed by atoms with E-state index in [0.717, 1.165) is 38.1 Å². The number of hydrogen-bond donors (Lipinski definition) is 1. The van der Waals surface area contributed by atoms with Crippen LogP contribution in [0.1, 0.15) is 25.0 Å². The van der Waals surface area contributed by atoms with Gasteiger partial charge in [-0.25, -0.2) is 0 Å². The summed E-state index contributed by atoms with van der Waals surface area (Å²) in [5, 5.41) is 10.2. The maximum absolute atomic E-state index is 9.74. The van der Waals surface area contributed by atoms with Crippen molar-refractivity contribution in [3.63, 3.8) is 0 Å². The molecule has 0 aliphatic heterocycles. The third kappa shape index (κ3) is 3.00. The van der Waals surface area contributed by atoms with Gasteiger partial charge in [-0.3, -0.25) is 4.90 Å². The molecular formula is C12H18ClNO2. The first-order chi connectivity index (χ1) is 7.65. The summed E-state index contributed by atoms with van der Waals surface area (Å²) in [6.07, 6.45) is 3.10. The highest BCUT2D eigenvalue weighted by Gasteiger charge is 2.26. The van der Waals surface area contributed by atoms with Crippen molar-refractivity contribution in [3.8, 4) is 0 Å². The first-order valence-electron chi connectivity index (χ1n) is 5.76. The largest absolute Gasteiger partial charge is 0.448 e. The molecule has 1 fully saturated rings. The van der Waals surface area contributed by atoms with Crippen molar-refractivity contribution >= 4 is 11.6 Å². The van der Waals surface area contributed by atoms with Crippen LogP contribution in [0.4, 0.5) is 0 Å². The van der Waals surface area contributed by atoms with Crippen LogP contribution in [0.5, 0.6) is 0 Å². The Bertz CT molecular complexity index is 340. The molecule has 1 aromatic heterocycles. The normalized spacial score (nSPS) is 25.5. The number of furan rings is 1. The zero-order chi connectivity index (χ0) is 11.5. The SMILES string of the molecule is CN(Cc1ccc(Cl)o1)CC1CCCC1O. The lowest BCUT2D eigenvalue weighted by Crippen LogP contribution is -2.29. The summed E-state index contributed by atoms with van der Waals surface area (Å²) >= 11 is 5.71. The van der Waals surface area contributed by atoms with Crippen LogP contribution in [-0.2, 0) is 6.54 Å². The van der Waals surface area contributed by atoms with Crippen LogP contribution in [0, 0.1) is 5.92 Å². The van der Waals surface area contributed by atoms with Crippen LogP contribution in [0.3, 0.4) is 0 Å². The minimum absolute atomic E-state index is 0.123. The van der Waals surface area contributed by atoms with Gasteiger partial charge in [0.2, 0.25) is 0 Å². The molecule has 0 spiro atoms. The molecule has 90 valence electrons. The van der Waals surface area contributed by atoms with Crippen molar-refractivity contribution in [2.24, 2.45) is 5.92 Å². The zero-order valence-corrected chi connectivity index (χ0v) is 10.3. The highest BCUT2D eigenvalue weighted by atomic mass is 35.5. The number of aliphatic hydroxyl groups is 1. The highest BCUT2D eigenvalue weighted by Crippen LogP contribution is 2.26. The van der Waals surface area contributed by atoms with E-state index >= 15 is 0 Å². The Kier molecular flexibility index (Phi) is 3.90. The van der Waals surface area contributed by atoms with E-state index in [9.17, 15) is 5.11 Å². The second kappa shape index (κ2) is 5.21. The van der Waals surface area contributed by atoms with Crippen LogP contribution in [0.2, 0.25) is 5.22 Å². The predicted molar refractivity (Wildman–Crippen MR) is 63.4 cm³/mol. The molecule has 0 saturated heterocycles. The Morgan fingerprint density at radius 2 is 2.31 bits per heavy atom. The summed E-state index contributed by atoms with van der Waals surface area (Å²) in [5.74, 6) is 1.29. The van der Waals surface area contributed by atoms with E-state index < -0.39 is 0 Å². The van der Waals surface area contributed by atoms with Gasteiger partial charge in [-0.2, -0.15) is 0 Å². The fourth-order valence-corrected chi connectivity index (χ4v) is 2.56. The van der Waals surface area contributed by atoms with Gasteiger partial charge in [-0.05, 0) is 49.5 Å². The molecule has 0 amide bonds. The van der Waals surface area contributed by atoms with Gasteiger partial charge in [0, 0.05) is 6.54 Å². The Hall–Kier alpha value is -0.510. The molecule has 3 nitrogen and oxygen atoms in total. The summed E-state index contributed by atoms with van der Waals surface area (Å²) in [5.41, 5.74) is 0. The quantitative estimate of drug-likeness (QED) is 0.883. The van der Waals surface area contributed by atoms with Gasteiger partial charge in [0.15, 0.2) is 5.22 Å². The molecule has 1 saturated carbocycles. The van der Waals surface area contributed by atoms with E-state index in [1.807, 2.05) is 13.1 Å². The molecular weight excluding hydrogens is 226 g/mol. The summed E-state index contributed by atoms with van der Waals surface area (Å²) in [7, 11) is 2.04. The average Bonchev–Trinajstić information content (AvgIpc) is 2.77. The molecule has 1 N–H and O–H groups in total. The number of halogens is 1. The Morgan fingerprint density at radius 3 is 2.88 bits per heavy atom. The van der Waals surface area contributed by atoms with Gasteiger partial charge in [0.25, 0.3) is 0 Å². The van der Waals surface area contributed by atoms with E-state index in [4.69, 9.17) is 16.0 Å². The van der Waals surface area contributed by atoms with Crippen LogP contribution in [0.25, 0.3) is 0 Å². The first-order valence-corrected chi connectivity index (χ1v) is 6.14. The van der Waals surface area contributed by atoms with E-state index in [1.165, 1.54) is 0 Å². The molecule has 16 heavy (non-hydrogen) atoms. The molecule has 0 aromatic carbocycles. The lowest BCUT2D eigenvalue weighted by Gasteiger charge is -2.22. The molecule has 1 aliphatic carbocycles. The minimum atomic E-state index is -0.123. The fourth-order valence-electron chi connectivity index (χ4n) is 2.40. The maximum Gasteiger partial charge on any atom is 0.193 e. The maximum atomic E-state index is 9.74. The Labute approximate surface area is 101 Å². The third-order valence-corrected chi connectivity index (χ3v) is 3.42. The number of rotatable bonds is 4. The number of nitrogens with zero attached hydrogens (tertiary/aromatic N) is 1. The summed E-state index contributed by atoms with van der Waals surface area (Å²) in [4.78, 5) is 2.17. The molecule has 1 heterocycles. The molecule has 4 heteroatoms. The van der Waals surface area contributed by atoms with Gasteiger partial charge in [-0.1, -0.05) is 6.42 Å².